The summed E-state index contributed by atoms with van der Waals surface area (Å²) in [5.41, 5.74) is 3.69. The second-order valence-corrected chi connectivity index (χ2v) is 8.67. The number of carbonyl (C=O) groups is 2. The van der Waals surface area contributed by atoms with Crippen molar-refractivity contribution < 1.29 is 19.4 Å². The predicted molar refractivity (Wildman–Crippen MR) is 124 cm³/mol. The molecule has 2 heterocycles. The van der Waals surface area contributed by atoms with Crippen LogP contribution in [0.2, 0.25) is 0 Å². The van der Waals surface area contributed by atoms with Crippen LogP contribution in [-0.4, -0.2) is 60.4 Å². The number of Topliss-reactive ketones (excluding diaryl/α,β-unsaturated/α-hetero) is 1. The lowest BCUT2D eigenvalue weighted by Gasteiger charge is -2.27. The van der Waals surface area contributed by atoms with Crippen LogP contribution in [0.4, 0.5) is 0 Å². The Balaban J connectivity index is 1.81. The van der Waals surface area contributed by atoms with Crippen LogP contribution in [0.3, 0.4) is 0 Å². The first-order valence-corrected chi connectivity index (χ1v) is 11.2. The van der Waals surface area contributed by atoms with Gasteiger partial charge in [0.15, 0.2) is 0 Å². The van der Waals surface area contributed by atoms with E-state index in [2.05, 4.69) is 6.92 Å². The Kier molecular flexibility index (Phi) is 6.33. The zero-order chi connectivity index (χ0) is 22.8. The van der Waals surface area contributed by atoms with Crippen LogP contribution in [0.1, 0.15) is 41.6 Å². The lowest BCUT2D eigenvalue weighted by atomic mass is 9.93. The third kappa shape index (κ3) is 4.15. The Morgan fingerprint density at radius 3 is 2.59 bits per heavy atom. The molecule has 2 aliphatic heterocycles. The van der Waals surface area contributed by atoms with Gasteiger partial charge >= 0.3 is 0 Å². The van der Waals surface area contributed by atoms with E-state index in [1.807, 2.05) is 55.4 Å². The number of benzene rings is 2. The number of hydrogen-bond donors (Lipinski definition) is 1. The lowest BCUT2D eigenvalue weighted by molar-refractivity contribution is -0.140. The quantitative estimate of drug-likeness (QED) is 0.428. The van der Waals surface area contributed by atoms with Crippen molar-refractivity contribution in [1.29, 1.82) is 0 Å². The molecule has 32 heavy (non-hydrogen) atoms. The third-order valence-corrected chi connectivity index (χ3v) is 6.21. The van der Waals surface area contributed by atoms with Gasteiger partial charge < -0.3 is 19.6 Å². The molecular weight excluding hydrogens is 404 g/mol. The highest BCUT2D eigenvalue weighted by molar-refractivity contribution is 6.46. The Morgan fingerprint density at radius 1 is 1.16 bits per heavy atom. The van der Waals surface area contributed by atoms with Crippen LogP contribution < -0.4 is 4.74 Å². The van der Waals surface area contributed by atoms with Gasteiger partial charge in [-0.3, -0.25) is 9.59 Å². The molecule has 0 aliphatic carbocycles. The maximum absolute atomic E-state index is 13.1. The van der Waals surface area contributed by atoms with Gasteiger partial charge in [0.25, 0.3) is 11.7 Å². The molecule has 1 amide bonds. The van der Waals surface area contributed by atoms with Crippen molar-refractivity contribution >= 4 is 17.4 Å². The van der Waals surface area contributed by atoms with Crippen LogP contribution in [0.15, 0.2) is 48.0 Å². The number of fused-ring (bicyclic) bond motifs is 1. The number of ketones is 1. The zero-order valence-electron chi connectivity index (χ0n) is 18.9. The highest BCUT2D eigenvalue weighted by Crippen LogP contribution is 2.40. The minimum Gasteiger partial charge on any atom is -0.507 e. The van der Waals surface area contributed by atoms with Crippen molar-refractivity contribution in [1.82, 2.24) is 9.80 Å². The number of aryl methyl sites for hydroxylation is 2. The molecular formula is C26H30N2O4. The summed E-state index contributed by atoms with van der Waals surface area (Å²) in [4.78, 5) is 29.7. The van der Waals surface area contributed by atoms with Gasteiger partial charge in [-0.05, 0) is 68.2 Å². The number of ether oxygens (including phenoxy) is 1. The fourth-order valence-corrected chi connectivity index (χ4v) is 4.36. The number of rotatable bonds is 6. The number of likely N-dealkylation sites (N-methyl/N-ethyl adjacent to an activating group) is 1. The van der Waals surface area contributed by atoms with Crippen molar-refractivity contribution in [2.75, 3.05) is 33.8 Å². The molecule has 0 bridgehead atoms. The first kappa shape index (κ1) is 22.1. The van der Waals surface area contributed by atoms with Gasteiger partial charge in [-0.1, -0.05) is 31.2 Å². The van der Waals surface area contributed by atoms with E-state index in [0.29, 0.717) is 25.3 Å². The number of aliphatic hydroxyl groups excluding tert-OH is 1. The molecule has 6 nitrogen and oxygen atoms in total. The van der Waals surface area contributed by atoms with Crippen LogP contribution in [0, 0.1) is 0 Å². The van der Waals surface area contributed by atoms with E-state index in [1.54, 1.807) is 11.0 Å². The molecule has 2 aliphatic rings. The number of hydrogen-bond acceptors (Lipinski definition) is 5. The molecule has 2 aromatic rings. The Morgan fingerprint density at radius 2 is 1.91 bits per heavy atom. The summed E-state index contributed by atoms with van der Waals surface area (Å²) in [6.45, 7) is 3.78. The van der Waals surface area contributed by atoms with Crippen molar-refractivity contribution in [3.63, 3.8) is 0 Å². The van der Waals surface area contributed by atoms with Crippen molar-refractivity contribution in [3.8, 4) is 5.75 Å². The molecule has 0 radical (unpaired) electrons. The zero-order valence-corrected chi connectivity index (χ0v) is 18.9. The van der Waals surface area contributed by atoms with Crippen molar-refractivity contribution in [2.24, 2.45) is 0 Å². The lowest BCUT2D eigenvalue weighted by Crippen LogP contribution is -2.35. The molecule has 1 N–H and O–H groups in total. The fourth-order valence-electron chi connectivity index (χ4n) is 4.36. The topological polar surface area (TPSA) is 70.1 Å². The second kappa shape index (κ2) is 9.17. The van der Waals surface area contributed by atoms with Crippen LogP contribution in [0.25, 0.3) is 5.76 Å². The summed E-state index contributed by atoms with van der Waals surface area (Å²) in [5, 5.41) is 11.3. The molecule has 4 rings (SSSR count). The summed E-state index contributed by atoms with van der Waals surface area (Å²) in [7, 11) is 3.85. The van der Waals surface area contributed by atoms with Gasteiger partial charge in [0, 0.05) is 18.7 Å². The van der Waals surface area contributed by atoms with E-state index in [4.69, 9.17) is 4.74 Å². The van der Waals surface area contributed by atoms with E-state index >= 15 is 0 Å². The van der Waals surface area contributed by atoms with E-state index in [1.165, 1.54) is 5.56 Å². The number of carbonyl (C=O) groups excluding carboxylic acids is 2. The van der Waals surface area contributed by atoms with Gasteiger partial charge in [-0.15, -0.1) is 0 Å². The summed E-state index contributed by atoms with van der Waals surface area (Å²) >= 11 is 0. The summed E-state index contributed by atoms with van der Waals surface area (Å²) < 4.78 is 5.67. The maximum Gasteiger partial charge on any atom is 0.295 e. The van der Waals surface area contributed by atoms with Gasteiger partial charge in [-0.2, -0.15) is 0 Å². The minimum atomic E-state index is -0.639. The number of aliphatic hydroxyl groups is 1. The maximum atomic E-state index is 13.1. The number of amides is 1. The summed E-state index contributed by atoms with van der Waals surface area (Å²) in [6, 6.07) is 12.8. The Bertz CT molecular complexity index is 1060. The second-order valence-electron chi connectivity index (χ2n) is 8.67. The molecule has 1 saturated heterocycles. The van der Waals surface area contributed by atoms with Crippen LogP contribution in [0.5, 0.6) is 5.75 Å². The van der Waals surface area contributed by atoms with Crippen molar-refractivity contribution in [2.45, 2.75) is 32.2 Å². The van der Waals surface area contributed by atoms with E-state index < -0.39 is 17.7 Å². The van der Waals surface area contributed by atoms with Gasteiger partial charge in [-0.25, -0.2) is 0 Å². The molecule has 2 aromatic carbocycles. The minimum absolute atomic E-state index is 0.131. The van der Waals surface area contributed by atoms with E-state index in [9.17, 15) is 14.7 Å². The normalized spacial score (nSPS) is 19.9. The molecule has 1 atom stereocenters. The van der Waals surface area contributed by atoms with E-state index in [0.717, 1.165) is 36.1 Å². The molecule has 1 fully saturated rings. The Hall–Kier alpha value is -3.12. The Labute approximate surface area is 189 Å². The average molecular weight is 435 g/mol. The van der Waals surface area contributed by atoms with Gasteiger partial charge in [0.05, 0.1) is 18.2 Å². The highest BCUT2D eigenvalue weighted by atomic mass is 16.5. The van der Waals surface area contributed by atoms with Crippen molar-refractivity contribution in [3.05, 3.63) is 70.3 Å². The van der Waals surface area contributed by atoms with Gasteiger partial charge in [0.1, 0.15) is 11.5 Å². The average Bonchev–Trinajstić information content (AvgIpc) is 3.06. The fraction of sp³-hybridized carbons (Fsp3) is 0.385. The predicted octanol–water partition coefficient (Wildman–Crippen LogP) is 3.56. The molecule has 1 unspecified atom stereocenters. The van der Waals surface area contributed by atoms with Crippen LogP contribution >= 0.6 is 0 Å². The molecule has 0 spiro atoms. The SMILES string of the molecule is CCc1ccc(C2/C(=C(/O)c3ccc4c(c3)CCCO4)C(=O)C(=O)N2CCN(C)C)cc1. The first-order valence-electron chi connectivity index (χ1n) is 11.2. The summed E-state index contributed by atoms with van der Waals surface area (Å²) in [5.74, 6) is -0.529. The standard InChI is InChI=1S/C26H30N2O4/c1-4-17-7-9-18(10-8-17)23-22(25(30)26(31)28(23)14-13-27(2)3)24(29)20-11-12-21-19(16-20)6-5-15-32-21/h7-12,16,23,29H,4-6,13-15H2,1-3H3/b24-22-. The van der Waals surface area contributed by atoms with Crippen LogP contribution in [-0.2, 0) is 22.4 Å². The molecule has 0 saturated carbocycles. The monoisotopic (exact) mass is 434 g/mol. The molecule has 0 aromatic heterocycles. The highest BCUT2D eigenvalue weighted by Gasteiger charge is 2.45. The summed E-state index contributed by atoms with van der Waals surface area (Å²) in [6.07, 6.45) is 2.67. The molecule has 6 heteroatoms. The van der Waals surface area contributed by atoms with Gasteiger partial charge in [0.2, 0.25) is 0 Å². The first-order chi connectivity index (χ1) is 15.4. The van der Waals surface area contributed by atoms with E-state index in [-0.39, 0.29) is 11.3 Å². The molecule has 168 valence electrons. The third-order valence-electron chi connectivity index (χ3n) is 6.21. The number of likely N-dealkylation sites (tertiary alicyclic amines) is 1. The number of nitrogens with zero attached hydrogens (tertiary/aromatic N) is 2. The largest absolute Gasteiger partial charge is 0.507 e. The smallest absolute Gasteiger partial charge is 0.295 e.